The monoisotopic (exact) mass is 336 g/mol. The number of carbonyl (C=O) groups excluding carboxylic acids is 1. The van der Waals surface area contributed by atoms with Crippen molar-refractivity contribution < 1.29 is 14.3 Å². The van der Waals surface area contributed by atoms with Gasteiger partial charge in [0.05, 0.1) is 19.1 Å². The molecule has 4 fully saturated rings. The van der Waals surface area contributed by atoms with Crippen LogP contribution in [0.2, 0.25) is 0 Å². The number of amides is 1. The van der Waals surface area contributed by atoms with Gasteiger partial charge in [-0.1, -0.05) is 6.42 Å². The van der Waals surface area contributed by atoms with Crippen LogP contribution < -0.4 is 0 Å². The number of piperazine rings is 1. The zero-order valence-corrected chi connectivity index (χ0v) is 14.8. The molecule has 5 heteroatoms. The zero-order chi connectivity index (χ0) is 16.4. The van der Waals surface area contributed by atoms with Crippen LogP contribution in [0.15, 0.2) is 0 Å². The van der Waals surface area contributed by atoms with E-state index in [1.54, 1.807) is 0 Å². The van der Waals surface area contributed by atoms with Gasteiger partial charge in [0.1, 0.15) is 0 Å². The standard InChI is InChI=1S/C19H32N2O3/c22-19(5-12-24-17-3-10-23-11-4-17)21-8-6-20(7-9-21)18-14-15-1-2-16(18)13-15/h15-18H,1-14H2/t15-,16-,18-/m0/s1. The van der Waals surface area contributed by atoms with Crippen LogP contribution in [0, 0.1) is 11.8 Å². The lowest BCUT2D eigenvalue weighted by atomic mass is 9.93. The first kappa shape index (κ1) is 16.8. The molecule has 5 nitrogen and oxygen atoms in total. The molecule has 0 aromatic carbocycles. The highest BCUT2D eigenvalue weighted by Gasteiger charge is 2.42. The van der Waals surface area contributed by atoms with E-state index in [9.17, 15) is 4.79 Å². The molecule has 3 atom stereocenters. The first-order chi connectivity index (χ1) is 11.8. The molecule has 1 amide bonds. The number of ether oxygens (including phenoxy) is 2. The molecule has 2 bridgehead atoms. The highest BCUT2D eigenvalue weighted by molar-refractivity contribution is 5.76. The zero-order valence-electron chi connectivity index (χ0n) is 14.8. The van der Waals surface area contributed by atoms with Crippen LogP contribution in [0.1, 0.15) is 44.9 Å². The van der Waals surface area contributed by atoms with Crippen molar-refractivity contribution >= 4 is 5.91 Å². The average molecular weight is 336 g/mol. The van der Waals surface area contributed by atoms with Crippen molar-refractivity contribution in [3.05, 3.63) is 0 Å². The van der Waals surface area contributed by atoms with Gasteiger partial charge >= 0.3 is 0 Å². The van der Waals surface area contributed by atoms with Gasteiger partial charge in [-0.2, -0.15) is 0 Å². The van der Waals surface area contributed by atoms with E-state index in [0.717, 1.165) is 70.1 Å². The Morgan fingerprint density at radius 2 is 1.79 bits per heavy atom. The van der Waals surface area contributed by atoms with Crippen LogP contribution in [0.5, 0.6) is 0 Å². The number of hydrogen-bond donors (Lipinski definition) is 0. The maximum Gasteiger partial charge on any atom is 0.224 e. The molecule has 4 rings (SSSR count). The second-order valence-corrected chi connectivity index (χ2v) is 8.09. The summed E-state index contributed by atoms with van der Waals surface area (Å²) in [7, 11) is 0. The Bertz CT molecular complexity index is 430. The van der Waals surface area contributed by atoms with Crippen molar-refractivity contribution in [2.45, 2.75) is 57.1 Å². The van der Waals surface area contributed by atoms with E-state index in [0.29, 0.717) is 19.1 Å². The molecule has 0 radical (unpaired) electrons. The predicted octanol–water partition coefficient (Wildman–Crippen LogP) is 1.90. The lowest BCUT2D eigenvalue weighted by molar-refractivity contribution is -0.135. The Kier molecular flexibility index (Phi) is 5.40. The van der Waals surface area contributed by atoms with E-state index in [-0.39, 0.29) is 5.91 Å². The van der Waals surface area contributed by atoms with Crippen molar-refractivity contribution in [2.75, 3.05) is 46.0 Å². The number of rotatable bonds is 5. The summed E-state index contributed by atoms with van der Waals surface area (Å²) in [5.74, 6) is 2.22. The summed E-state index contributed by atoms with van der Waals surface area (Å²) in [6.07, 6.45) is 8.55. The van der Waals surface area contributed by atoms with Gasteiger partial charge in [0, 0.05) is 45.4 Å². The molecular formula is C19H32N2O3. The van der Waals surface area contributed by atoms with Crippen LogP contribution in [0.3, 0.4) is 0 Å². The van der Waals surface area contributed by atoms with Gasteiger partial charge in [-0.3, -0.25) is 9.69 Å². The molecule has 24 heavy (non-hydrogen) atoms. The molecule has 2 saturated heterocycles. The molecule has 136 valence electrons. The molecule has 0 unspecified atom stereocenters. The van der Waals surface area contributed by atoms with E-state index in [4.69, 9.17) is 9.47 Å². The summed E-state index contributed by atoms with van der Waals surface area (Å²) in [5.41, 5.74) is 0. The second-order valence-electron chi connectivity index (χ2n) is 8.09. The van der Waals surface area contributed by atoms with E-state index in [2.05, 4.69) is 9.80 Å². The van der Waals surface area contributed by atoms with Crippen molar-refractivity contribution in [2.24, 2.45) is 11.8 Å². The summed E-state index contributed by atoms with van der Waals surface area (Å²) >= 11 is 0. The Labute approximate surface area is 145 Å². The first-order valence-corrected chi connectivity index (χ1v) is 10.0. The number of nitrogens with zero attached hydrogens (tertiary/aromatic N) is 2. The van der Waals surface area contributed by atoms with Crippen molar-refractivity contribution in [1.29, 1.82) is 0 Å². The fourth-order valence-corrected chi connectivity index (χ4v) is 5.27. The molecule has 2 aliphatic carbocycles. The van der Waals surface area contributed by atoms with Crippen molar-refractivity contribution in [3.8, 4) is 0 Å². The Hall–Kier alpha value is -0.650. The Morgan fingerprint density at radius 1 is 1.00 bits per heavy atom. The number of carbonyl (C=O) groups is 1. The molecule has 2 aliphatic heterocycles. The molecule has 2 heterocycles. The third-order valence-electron chi connectivity index (χ3n) is 6.67. The minimum Gasteiger partial charge on any atom is -0.381 e. The topological polar surface area (TPSA) is 42.0 Å². The van der Waals surface area contributed by atoms with Crippen LogP contribution >= 0.6 is 0 Å². The highest BCUT2D eigenvalue weighted by Crippen LogP contribution is 2.46. The molecule has 2 saturated carbocycles. The Morgan fingerprint density at radius 3 is 2.46 bits per heavy atom. The maximum absolute atomic E-state index is 12.4. The van der Waals surface area contributed by atoms with E-state index in [1.807, 2.05) is 0 Å². The van der Waals surface area contributed by atoms with Crippen LogP contribution in [0.25, 0.3) is 0 Å². The average Bonchev–Trinajstić information content (AvgIpc) is 3.26. The summed E-state index contributed by atoms with van der Waals surface area (Å²) < 4.78 is 11.2. The molecule has 0 aromatic heterocycles. The minimum atomic E-state index is 0.273. The van der Waals surface area contributed by atoms with Gasteiger partial charge in [0.25, 0.3) is 0 Å². The van der Waals surface area contributed by atoms with E-state index < -0.39 is 0 Å². The van der Waals surface area contributed by atoms with E-state index >= 15 is 0 Å². The summed E-state index contributed by atoms with van der Waals surface area (Å²) in [6.45, 7) is 6.11. The molecule has 4 aliphatic rings. The van der Waals surface area contributed by atoms with Gasteiger partial charge in [-0.25, -0.2) is 0 Å². The Balaban J connectivity index is 1.15. The number of hydrogen-bond acceptors (Lipinski definition) is 4. The maximum atomic E-state index is 12.4. The van der Waals surface area contributed by atoms with Gasteiger partial charge < -0.3 is 14.4 Å². The van der Waals surface area contributed by atoms with Gasteiger partial charge in [0.15, 0.2) is 0 Å². The van der Waals surface area contributed by atoms with Crippen LogP contribution in [0.4, 0.5) is 0 Å². The lowest BCUT2D eigenvalue weighted by Crippen LogP contribution is -2.53. The van der Waals surface area contributed by atoms with E-state index in [1.165, 1.54) is 25.7 Å². The van der Waals surface area contributed by atoms with Crippen molar-refractivity contribution in [1.82, 2.24) is 9.80 Å². The third-order valence-corrected chi connectivity index (χ3v) is 6.67. The molecule has 0 aromatic rings. The highest BCUT2D eigenvalue weighted by atomic mass is 16.5. The molecule has 0 spiro atoms. The molecule has 0 N–H and O–H groups in total. The fourth-order valence-electron chi connectivity index (χ4n) is 5.27. The smallest absolute Gasteiger partial charge is 0.224 e. The normalized spacial score (nSPS) is 34.8. The quantitative estimate of drug-likeness (QED) is 0.769. The summed E-state index contributed by atoms with van der Waals surface area (Å²) in [4.78, 5) is 17.1. The fraction of sp³-hybridized carbons (Fsp3) is 0.947. The lowest BCUT2D eigenvalue weighted by Gasteiger charge is -2.41. The summed E-state index contributed by atoms with van der Waals surface area (Å²) in [5, 5.41) is 0. The largest absolute Gasteiger partial charge is 0.381 e. The minimum absolute atomic E-state index is 0.273. The summed E-state index contributed by atoms with van der Waals surface area (Å²) in [6, 6.07) is 0.817. The van der Waals surface area contributed by atoms with Crippen molar-refractivity contribution in [3.63, 3.8) is 0 Å². The van der Waals surface area contributed by atoms with Gasteiger partial charge in [-0.15, -0.1) is 0 Å². The van der Waals surface area contributed by atoms with Crippen LogP contribution in [-0.2, 0) is 14.3 Å². The van der Waals surface area contributed by atoms with Gasteiger partial charge in [0.2, 0.25) is 5.91 Å². The third kappa shape index (κ3) is 3.78. The van der Waals surface area contributed by atoms with Gasteiger partial charge in [-0.05, 0) is 43.9 Å². The molecular weight excluding hydrogens is 304 g/mol. The first-order valence-electron chi connectivity index (χ1n) is 10.0. The predicted molar refractivity (Wildman–Crippen MR) is 91.8 cm³/mol. The number of fused-ring (bicyclic) bond motifs is 2. The second kappa shape index (κ2) is 7.71. The SMILES string of the molecule is O=C(CCOC1CCOCC1)N1CCN([C@H]2C[C@H]3CC[C@H]2C3)CC1. The van der Waals surface area contributed by atoms with Crippen LogP contribution in [-0.4, -0.2) is 73.9 Å².